The SMILES string of the molecule is O=C(O)c1ccc2c(=O)n3c(nc2c1)C(=Cc1ccc(-c2ccc(Cl)cc2)o1)CC3. The second-order valence-electron chi connectivity index (χ2n) is 7.06. The van der Waals surface area contributed by atoms with E-state index in [4.69, 9.17) is 16.0 Å². The fourth-order valence-electron chi connectivity index (χ4n) is 3.66. The summed E-state index contributed by atoms with van der Waals surface area (Å²) in [5, 5.41) is 10.3. The molecule has 0 bridgehead atoms. The Bertz CT molecular complexity index is 1400. The van der Waals surface area contributed by atoms with Gasteiger partial charge in [-0.05, 0) is 67.1 Å². The summed E-state index contributed by atoms with van der Waals surface area (Å²) in [5.74, 6) is 0.850. The number of carboxylic acid groups (broad SMARTS) is 1. The second kappa shape index (κ2) is 7.00. The first-order chi connectivity index (χ1) is 14.5. The Kier molecular flexibility index (Phi) is 4.29. The maximum absolute atomic E-state index is 12.8. The summed E-state index contributed by atoms with van der Waals surface area (Å²) in [7, 11) is 0. The van der Waals surface area contributed by atoms with Gasteiger partial charge in [0.05, 0.1) is 16.5 Å². The third-order valence-electron chi connectivity index (χ3n) is 5.17. The molecule has 1 N–H and O–H groups in total. The van der Waals surface area contributed by atoms with Crippen LogP contribution in [0.2, 0.25) is 5.02 Å². The van der Waals surface area contributed by atoms with Gasteiger partial charge in [-0.25, -0.2) is 9.78 Å². The molecule has 3 heterocycles. The number of rotatable bonds is 3. The van der Waals surface area contributed by atoms with Crippen LogP contribution >= 0.6 is 11.6 Å². The van der Waals surface area contributed by atoms with Crippen LogP contribution in [0.5, 0.6) is 0 Å². The van der Waals surface area contributed by atoms with Gasteiger partial charge in [-0.2, -0.15) is 0 Å². The largest absolute Gasteiger partial charge is 0.478 e. The highest BCUT2D eigenvalue weighted by atomic mass is 35.5. The van der Waals surface area contributed by atoms with E-state index in [-0.39, 0.29) is 11.1 Å². The number of aromatic nitrogens is 2. The van der Waals surface area contributed by atoms with Crippen molar-refractivity contribution in [2.24, 2.45) is 0 Å². The zero-order valence-corrected chi connectivity index (χ0v) is 16.4. The minimum absolute atomic E-state index is 0.0986. The van der Waals surface area contributed by atoms with Gasteiger partial charge in [-0.3, -0.25) is 9.36 Å². The fourth-order valence-corrected chi connectivity index (χ4v) is 3.78. The molecule has 5 rings (SSSR count). The Balaban J connectivity index is 1.56. The number of fused-ring (bicyclic) bond motifs is 2. The molecule has 0 fully saturated rings. The molecular formula is C23H15ClN2O4. The van der Waals surface area contributed by atoms with E-state index in [1.165, 1.54) is 18.2 Å². The molecule has 30 heavy (non-hydrogen) atoms. The summed E-state index contributed by atoms with van der Waals surface area (Å²) >= 11 is 5.94. The number of halogens is 1. The highest BCUT2D eigenvalue weighted by Crippen LogP contribution is 2.30. The van der Waals surface area contributed by atoms with E-state index in [0.29, 0.717) is 46.2 Å². The Morgan fingerprint density at radius 3 is 2.70 bits per heavy atom. The molecule has 0 saturated heterocycles. The van der Waals surface area contributed by atoms with E-state index in [9.17, 15) is 14.7 Å². The quantitative estimate of drug-likeness (QED) is 0.508. The van der Waals surface area contributed by atoms with Crippen molar-refractivity contribution in [2.75, 3.05) is 0 Å². The molecule has 0 radical (unpaired) electrons. The van der Waals surface area contributed by atoms with Gasteiger partial charge in [0.15, 0.2) is 0 Å². The maximum Gasteiger partial charge on any atom is 0.335 e. The predicted molar refractivity (Wildman–Crippen MR) is 115 cm³/mol. The number of allylic oxidation sites excluding steroid dienone is 1. The molecule has 4 aromatic rings. The van der Waals surface area contributed by atoms with Gasteiger partial charge >= 0.3 is 5.97 Å². The summed E-state index contributed by atoms with van der Waals surface area (Å²) < 4.78 is 7.57. The molecule has 6 nitrogen and oxygen atoms in total. The Morgan fingerprint density at radius 2 is 1.93 bits per heavy atom. The van der Waals surface area contributed by atoms with Crippen molar-refractivity contribution >= 4 is 40.1 Å². The number of carboxylic acids is 1. The lowest BCUT2D eigenvalue weighted by molar-refractivity contribution is 0.0697. The van der Waals surface area contributed by atoms with Crippen molar-refractivity contribution in [1.82, 2.24) is 9.55 Å². The van der Waals surface area contributed by atoms with E-state index >= 15 is 0 Å². The van der Waals surface area contributed by atoms with Crippen LogP contribution in [0.15, 0.2) is 63.8 Å². The summed E-state index contributed by atoms with van der Waals surface area (Å²) in [6.45, 7) is 0.522. The number of nitrogens with zero attached hydrogens (tertiary/aromatic N) is 2. The fraction of sp³-hybridized carbons (Fsp3) is 0.0870. The Labute approximate surface area is 175 Å². The topological polar surface area (TPSA) is 85.3 Å². The molecule has 0 unspecified atom stereocenters. The average Bonchev–Trinajstić information content (AvgIpc) is 3.36. The van der Waals surface area contributed by atoms with Crippen molar-refractivity contribution < 1.29 is 14.3 Å². The first kappa shape index (κ1) is 18.4. The molecule has 0 amide bonds. The lowest BCUT2D eigenvalue weighted by Crippen LogP contribution is -2.20. The summed E-state index contributed by atoms with van der Waals surface area (Å²) in [4.78, 5) is 28.7. The van der Waals surface area contributed by atoms with Crippen LogP contribution in [-0.4, -0.2) is 20.6 Å². The van der Waals surface area contributed by atoms with Gasteiger partial charge < -0.3 is 9.52 Å². The first-order valence-corrected chi connectivity index (χ1v) is 9.72. The highest BCUT2D eigenvalue weighted by Gasteiger charge is 2.22. The summed E-state index contributed by atoms with van der Waals surface area (Å²) in [6, 6.07) is 15.5. The Morgan fingerprint density at radius 1 is 1.13 bits per heavy atom. The third-order valence-corrected chi connectivity index (χ3v) is 5.42. The van der Waals surface area contributed by atoms with Crippen LogP contribution in [0.4, 0.5) is 0 Å². The molecular weight excluding hydrogens is 404 g/mol. The molecule has 0 atom stereocenters. The molecule has 0 aliphatic carbocycles. The molecule has 2 aromatic carbocycles. The van der Waals surface area contributed by atoms with Gasteiger partial charge in [0, 0.05) is 22.7 Å². The van der Waals surface area contributed by atoms with E-state index in [1.54, 1.807) is 16.7 Å². The van der Waals surface area contributed by atoms with Crippen LogP contribution < -0.4 is 5.56 Å². The normalized spacial score (nSPS) is 14.4. The lowest BCUT2D eigenvalue weighted by Gasteiger charge is -2.06. The second-order valence-corrected chi connectivity index (χ2v) is 7.49. The standard InChI is InChI=1S/C23H15ClN2O4/c24-16-4-1-13(2-5-16)20-8-6-17(30-20)11-14-9-10-26-21(14)25-19-12-15(23(28)29)3-7-18(19)22(26)27/h1-8,11-12H,9-10H2,(H,28,29). The van der Waals surface area contributed by atoms with E-state index in [2.05, 4.69) is 4.98 Å². The molecule has 2 aromatic heterocycles. The summed E-state index contributed by atoms with van der Waals surface area (Å²) in [5.41, 5.74) is 2.09. The van der Waals surface area contributed by atoms with E-state index < -0.39 is 5.97 Å². The lowest BCUT2D eigenvalue weighted by atomic mass is 10.1. The number of furan rings is 1. The Hall–Kier alpha value is -3.64. The monoisotopic (exact) mass is 418 g/mol. The van der Waals surface area contributed by atoms with Crippen LogP contribution in [0.1, 0.15) is 28.4 Å². The van der Waals surface area contributed by atoms with Gasteiger partial charge in [-0.15, -0.1) is 0 Å². The van der Waals surface area contributed by atoms with Crippen LogP contribution in [0.25, 0.3) is 33.9 Å². The van der Waals surface area contributed by atoms with Crippen LogP contribution in [-0.2, 0) is 6.54 Å². The molecule has 1 aliphatic rings. The number of hydrogen-bond donors (Lipinski definition) is 1. The van der Waals surface area contributed by atoms with Gasteiger partial charge in [-0.1, -0.05) is 11.6 Å². The van der Waals surface area contributed by atoms with Crippen molar-refractivity contribution in [3.63, 3.8) is 0 Å². The molecule has 0 spiro atoms. The average molecular weight is 419 g/mol. The van der Waals surface area contributed by atoms with E-state index in [1.807, 2.05) is 30.3 Å². The first-order valence-electron chi connectivity index (χ1n) is 9.34. The van der Waals surface area contributed by atoms with Crippen LogP contribution in [0, 0.1) is 0 Å². The summed E-state index contributed by atoms with van der Waals surface area (Å²) in [6.07, 6.45) is 2.51. The maximum atomic E-state index is 12.8. The minimum atomic E-state index is -1.06. The van der Waals surface area contributed by atoms with E-state index in [0.717, 1.165) is 11.1 Å². The third kappa shape index (κ3) is 3.11. The molecule has 0 saturated carbocycles. The number of aromatic carboxylic acids is 1. The van der Waals surface area contributed by atoms with Crippen molar-refractivity contribution in [3.8, 4) is 11.3 Å². The molecule has 1 aliphatic heterocycles. The zero-order chi connectivity index (χ0) is 20.8. The molecule has 7 heteroatoms. The number of carbonyl (C=O) groups is 1. The van der Waals surface area contributed by atoms with Gasteiger partial charge in [0.25, 0.3) is 5.56 Å². The van der Waals surface area contributed by atoms with Gasteiger partial charge in [0.1, 0.15) is 17.3 Å². The zero-order valence-electron chi connectivity index (χ0n) is 15.6. The van der Waals surface area contributed by atoms with Gasteiger partial charge in [0.2, 0.25) is 0 Å². The minimum Gasteiger partial charge on any atom is -0.478 e. The van der Waals surface area contributed by atoms with Crippen molar-refractivity contribution in [3.05, 3.63) is 87.1 Å². The predicted octanol–water partition coefficient (Wildman–Crippen LogP) is 4.95. The van der Waals surface area contributed by atoms with Crippen LogP contribution in [0.3, 0.4) is 0 Å². The number of hydrogen-bond acceptors (Lipinski definition) is 4. The molecule has 148 valence electrons. The van der Waals surface area contributed by atoms with Crippen molar-refractivity contribution in [2.45, 2.75) is 13.0 Å². The highest BCUT2D eigenvalue weighted by molar-refractivity contribution is 6.30. The smallest absolute Gasteiger partial charge is 0.335 e. The van der Waals surface area contributed by atoms with Crippen molar-refractivity contribution in [1.29, 1.82) is 0 Å². The number of benzene rings is 2.